The zero-order chi connectivity index (χ0) is 3.58. The summed E-state index contributed by atoms with van der Waals surface area (Å²) in [6.45, 7) is 0. The van der Waals surface area contributed by atoms with Crippen LogP contribution in [0.3, 0.4) is 0 Å². The van der Waals surface area contributed by atoms with Crippen molar-refractivity contribution in [2.75, 3.05) is 0 Å². The van der Waals surface area contributed by atoms with Gasteiger partial charge in [0.05, 0.1) is 0 Å². The molecule has 0 aliphatic heterocycles. The molecule has 0 saturated heterocycles. The first-order valence-electron chi connectivity index (χ1n) is 0.651. The van der Waals surface area contributed by atoms with Crippen LogP contribution < -0.4 is 0 Å². The molecule has 0 aliphatic carbocycles. The van der Waals surface area contributed by atoms with Crippen molar-refractivity contribution in [3.05, 3.63) is 0 Å². The van der Waals surface area contributed by atoms with Gasteiger partial charge in [0.2, 0.25) is 0 Å². The first kappa shape index (κ1) is 15.7. The van der Waals surface area contributed by atoms with E-state index in [1.54, 1.807) is 0 Å². The molecule has 6 heavy (non-hydrogen) atoms. The molecule has 0 heterocycles. The van der Waals surface area contributed by atoms with Crippen LogP contribution in [0.2, 0.25) is 0 Å². The molecule has 3 nitrogen and oxygen atoms in total. The average Bonchev–Trinajstić information content (AvgIpc) is 0.811. The molecule has 0 unspecified atom stereocenters. The van der Waals surface area contributed by atoms with Gasteiger partial charge in [0.25, 0.3) is 0 Å². The molecule has 0 fully saturated rings. The van der Waals surface area contributed by atoms with E-state index in [0.29, 0.717) is 0 Å². The van der Waals surface area contributed by atoms with Crippen molar-refractivity contribution in [1.29, 1.82) is 0 Å². The van der Waals surface area contributed by atoms with Crippen LogP contribution in [0, 0.1) is 82.1 Å². The van der Waals surface area contributed by atoms with Gasteiger partial charge in [-0.3, -0.25) is 0 Å². The molecule has 2 N–H and O–H groups in total. The fourth-order valence-electron chi connectivity index (χ4n) is 0. The second-order valence-electron chi connectivity index (χ2n) is 0.283. The number of carbonyl (C=O) groups is 1. The van der Waals surface area contributed by atoms with Crippen LogP contribution in [0.5, 0.6) is 0 Å². The van der Waals surface area contributed by atoms with Crippen molar-refractivity contribution in [2.24, 2.45) is 0 Å². The van der Waals surface area contributed by atoms with Gasteiger partial charge in [-0.15, -0.1) is 0 Å². The summed E-state index contributed by atoms with van der Waals surface area (Å²) in [5.41, 5.74) is 0. The standard InChI is InChI=1S/CH2O3.Nd.Pr/c2-1(3)4;;/h(H2,2,3,4);;. The first-order valence-corrected chi connectivity index (χ1v) is 0.651. The first-order chi connectivity index (χ1) is 1.73. The minimum absolute atomic E-state index is 0. The summed E-state index contributed by atoms with van der Waals surface area (Å²) in [5.74, 6) is 0. The van der Waals surface area contributed by atoms with Crippen LogP contribution in [0.15, 0.2) is 0 Å². The van der Waals surface area contributed by atoms with Crippen LogP contribution >= 0.6 is 0 Å². The third-order valence-corrected chi connectivity index (χ3v) is 0. The Morgan fingerprint density at radius 2 is 1.33 bits per heavy atom. The molecule has 31 valence electrons. The molecular weight excluding hydrogens is 345 g/mol. The summed E-state index contributed by atoms with van der Waals surface area (Å²) in [7, 11) is 0. The number of rotatable bonds is 0. The molecule has 0 bridgehead atoms. The molecule has 0 aliphatic rings. The van der Waals surface area contributed by atoms with E-state index in [9.17, 15) is 0 Å². The molecular formula is CH2NdO3Pr. The van der Waals surface area contributed by atoms with Gasteiger partial charge < -0.3 is 10.2 Å². The zero-order valence-corrected chi connectivity index (χ0v) is 9.79. The van der Waals surface area contributed by atoms with Crippen molar-refractivity contribution < 1.29 is 97.1 Å². The maximum Gasteiger partial charge on any atom is 0.503 e. The third-order valence-electron chi connectivity index (χ3n) is 0. The van der Waals surface area contributed by atoms with Gasteiger partial charge >= 0.3 is 6.16 Å². The Kier molecular flexibility index (Phi) is 26.3. The van der Waals surface area contributed by atoms with E-state index in [4.69, 9.17) is 15.0 Å². The molecule has 0 aromatic carbocycles. The van der Waals surface area contributed by atoms with Gasteiger partial charge in [-0.25, -0.2) is 4.79 Å². The van der Waals surface area contributed by atoms with Gasteiger partial charge in [-0.05, 0) is 0 Å². The molecule has 0 amide bonds. The molecule has 1 radical (unpaired) electrons. The van der Waals surface area contributed by atoms with Crippen molar-refractivity contribution in [2.45, 2.75) is 0 Å². The Morgan fingerprint density at radius 3 is 1.33 bits per heavy atom. The van der Waals surface area contributed by atoms with Gasteiger partial charge in [0.1, 0.15) is 0 Å². The topological polar surface area (TPSA) is 57.5 Å². The summed E-state index contributed by atoms with van der Waals surface area (Å²) < 4.78 is 0. The van der Waals surface area contributed by atoms with Gasteiger partial charge in [0.15, 0.2) is 0 Å². The van der Waals surface area contributed by atoms with Gasteiger partial charge in [-0.1, -0.05) is 0 Å². The number of carboxylic acid groups (broad SMARTS) is 2. The molecule has 0 spiro atoms. The van der Waals surface area contributed by atoms with Crippen molar-refractivity contribution in [3.8, 4) is 0 Å². The minimum Gasteiger partial charge on any atom is -0.450 e. The van der Waals surface area contributed by atoms with E-state index in [2.05, 4.69) is 0 Å². The number of hydrogen-bond acceptors (Lipinski definition) is 1. The molecule has 5 heteroatoms. The third kappa shape index (κ3) is 37.8. The van der Waals surface area contributed by atoms with E-state index in [1.807, 2.05) is 0 Å². The molecule has 0 atom stereocenters. The number of hydrogen-bond donors (Lipinski definition) is 2. The monoisotopic (exact) mass is 345 g/mol. The summed E-state index contributed by atoms with van der Waals surface area (Å²) in [4.78, 5) is 8.56. The maximum atomic E-state index is 8.56. The molecule has 0 aromatic rings. The largest absolute Gasteiger partial charge is 0.503 e. The van der Waals surface area contributed by atoms with E-state index < -0.39 is 6.16 Å². The smallest absolute Gasteiger partial charge is 0.450 e. The van der Waals surface area contributed by atoms with Crippen molar-refractivity contribution in [3.63, 3.8) is 0 Å². The molecule has 0 saturated carbocycles. The summed E-state index contributed by atoms with van der Waals surface area (Å²) in [6, 6.07) is 0. The molecule has 0 rings (SSSR count). The van der Waals surface area contributed by atoms with E-state index in [1.165, 1.54) is 0 Å². The fourth-order valence-corrected chi connectivity index (χ4v) is 0. The summed E-state index contributed by atoms with van der Waals surface area (Å²) in [5, 5.41) is 13.9. The minimum atomic E-state index is -1.83. The Morgan fingerprint density at radius 1 is 1.33 bits per heavy atom. The van der Waals surface area contributed by atoms with E-state index in [0.717, 1.165) is 0 Å². The van der Waals surface area contributed by atoms with Crippen LogP contribution in [0.1, 0.15) is 0 Å². The second-order valence-corrected chi connectivity index (χ2v) is 0.283. The quantitative estimate of drug-likeness (QED) is 0.659. The van der Waals surface area contributed by atoms with Crippen LogP contribution in [0.4, 0.5) is 4.79 Å². The van der Waals surface area contributed by atoms with Crippen LogP contribution in [0.25, 0.3) is 0 Å². The van der Waals surface area contributed by atoms with Gasteiger partial charge in [0, 0.05) is 82.1 Å². The Bertz CT molecular complexity index is 33.8. The predicted octanol–water partition coefficient (Wildman–Crippen LogP) is 0.222. The maximum absolute atomic E-state index is 8.56. The van der Waals surface area contributed by atoms with Crippen molar-refractivity contribution >= 4 is 6.16 Å². The molecule has 0 aromatic heterocycles. The normalized spacial score (nSPS) is 4.00. The SMILES string of the molecule is O=C(O)O.[Nd].[Pr]. The fraction of sp³-hybridized carbons (Fsp3) is 0. The second kappa shape index (κ2) is 10.1. The van der Waals surface area contributed by atoms with E-state index in [-0.39, 0.29) is 82.1 Å². The summed E-state index contributed by atoms with van der Waals surface area (Å²) >= 11 is 0. The average molecular weight is 347 g/mol. The van der Waals surface area contributed by atoms with E-state index >= 15 is 0 Å². The van der Waals surface area contributed by atoms with Crippen molar-refractivity contribution in [1.82, 2.24) is 0 Å². The van der Waals surface area contributed by atoms with Crippen LogP contribution in [-0.4, -0.2) is 16.4 Å². The van der Waals surface area contributed by atoms with Crippen LogP contribution in [-0.2, 0) is 0 Å². The Labute approximate surface area is 101 Å². The zero-order valence-electron chi connectivity index (χ0n) is 2.88. The summed E-state index contributed by atoms with van der Waals surface area (Å²) in [6.07, 6.45) is -1.83. The van der Waals surface area contributed by atoms with Gasteiger partial charge in [-0.2, -0.15) is 0 Å². The predicted molar refractivity (Wildman–Crippen MR) is 10.7 cm³/mol. The Balaban J connectivity index is -0.0000000450. The Hall–Kier alpha value is 1.98.